The van der Waals surface area contributed by atoms with Crippen LogP contribution < -0.4 is 4.90 Å². The molecule has 1 saturated heterocycles. The molecule has 4 rings (SSSR count). The second kappa shape index (κ2) is 10.0. The minimum absolute atomic E-state index is 0.0140. The number of nitrogens with zero attached hydrogens (tertiary/aromatic N) is 4. The highest BCUT2D eigenvalue weighted by molar-refractivity contribution is 5.81. The normalized spacial score (nSPS) is 13.8. The number of amides is 1. The van der Waals surface area contributed by atoms with Crippen molar-refractivity contribution in [3.8, 4) is 11.4 Å². The smallest absolute Gasteiger partial charge is 0.306 e. The molecule has 0 bridgehead atoms. The minimum atomic E-state index is -0.511. The summed E-state index contributed by atoms with van der Waals surface area (Å²) in [5.74, 6) is -0.485. The van der Waals surface area contributed by atoms with Crippen LogP contribution in [0.5, 0.6) is 0 Å². The average molecular weight is 438 g/mol. The Labute approximate surface area is 184 Å². The van der Waals surface area contributed by atoms with Gasteiger partial charge in [0.05, 0.1) is 6.42 Å². The number of benzene rings is 2. The van der Waals surface area contributed by atoms with E-state index in [1.165, 1.54) is 12.1 Å². The van der Waals surface area contributed by atoms with E-state index in [-0.39, 0.29) is 37.1 Å². The molecule has 0 spiro atoms. The van der Waals surface area contributed by atoms with Gasteiger partial charge < -0.3 is 19.1 Å². The van der Waals surface area contributed by atoms with Gasteiger partial charge in [0.2, 0.25) is 11.7 Å². The summed E-state index contributed by atoms with van der Waals surface area (Å²) in [5, 5.41) is 3.83. The van der Waals surface area contributed by atoms with Gasteiger partial charge in [-0.3, -0.25) is 9.59 Å². The van der Waals surface area contributed by atoms with Crippen LogP contribution in [0.3, 0.4) is 0 Å². The van der Waals surface area contributed by atoms with E-state index >= 15 is 0 Å². The molecular formula is C23H23FN4O4. The summed E-state index contributed by atoms with van der Waals surface area (Å²) in [6.07, 6.45) is 0.205. The summed E-state index contributed by atoms with van der Waals surface area (Å²) < 4.78 is 23.3. The van der Waals surface area contributed by atoms with Crippen molar-refractivity contribution in [3.05, 3.63) is 66.3 Å². The van der Waals surface area contributed by atoms with E-state index in [1.807, 2.05) is 30.3 Å². The highest BCUT2D eigenvalue weighted by Crippen LogP contribution is 2.17. The number of carbonyl (C=O) groups is 2. The summed E-state index contributed by atoms with van der Waals surface area (Å²) in [6.45, 7) is 2.35. The molecule has 3 aromatic rings. The largest absolute Gasteiger partial charge is 0.456 e. The fourth-order valence-electron chi connectivity index (χ4n) is 3.44. The van der Waals surface area contributed by atoms with E-state index in [2.05, 4.69) is 15.0 Å². The van der Waals surface area contributed by atoms with Crippen LogP contribution in [-0.4, -0.2) is 59.7 Å². The molecule has 0 radical (unpaired) electrons. The minimum Gasteiger partial charge on any atom is -0.456 e. The maximum Gasteiger partial charge on any atom is 0.306 e. The lowest BCUT2D eigenvalue weighted by Gasteiger charge is -2.36. The average Bonchev–Trinajstić information content (AvgIpc) is 3.31. The first kappa shape index (κ1) is 21.5. The molecule has 9 heteroatoms. The van der Waals surface area contributed by atoms with Gasteiger partial charge in [0.1, 0.15) is 5.82 Å². The Balaban J connectivity index is 1.18. The summed E-state index contributed by atoms with van der Waals surface area (Å²) in [7, 11) is 0. The van der Waals surface area contributed by atoms with Gasteiger partial charge in [-0.15, -0.1) is 0 Å². The quantitative estimate of drug-likeness (QED) is 0.524. The van der Waals surface area contributed by atoms with Crippen LogP contribution in [0.1, 0.15) is 12.3 Å². The molecule has 1 aliphatic rings. The molecule has 1 aromatic heterocycles. The Morgan fingerprint density at radius 3 is 2.44 bits per heavy atom. The van der Waals surface area contributed by atoms with Crippen LogP contribution in [0.2, 0.25) is 0 Å². The van der Waals surface area contributed by atoms with Gasteiger partial charge in [-0.25, -0.2) is 4.39 Å². The summed E-state index contributed by atoms with van der Waals surface area (Å²) >= 11 is 0. The van der Waals surface area contributed by atoms with Crippen LogP contribution in [0.4, 0.5) is 10.1 Å². The first-order chi connectivity index (χ1) is 15.6. The fraction of sp³-hybridized carbons (Fsp3) is 0.304. The highest BCUT2D eigenvalue weighted by atomic mass is 19.1. The van der Waals surface area contributed by atoms with Gasteiger partial charge in [0.15, 0.2) is 6.61 Å². The number of hydrogen-bond donors (Lipinski definition) is 0. The van der Waals surface area contributed by atoms with Crippen LogP contribution in [0, 0.1) is 5.82 Å². The Bertz CT molecular complexity index is 1050. The maximum atomic E-state index is 13.0. The van der Waals surface area contributed by atoms with Crippen LogP contribution in [0.25, 0.3) is 11.4 Å². The molecule has 1 aliphatic heterocycles. The van der Waals surface area contributed by atoms with E-state index in [0.717, 1.165) is 18.8 Å². The zero-order valence-corrected chi connectivity index (χ0v) is 17.4. The van der Waals surface area contributed by atoms with Gasteiger partial charge >= 0.3 is 5.97 Å². The molecule has 0 N–H and O–H groups in total. The van der Waals surface area contributed by atoms with E-state index in [0.29, 0.717) is 24.5 Å². The SMILES string of the molecule is O=C(CCc1nc(-c2ccc(F)cc2)no1)OCC(=O)N1CCN(c2ccccc2)CC1. The number of ether oxygens (including phenoxy) is 1. The summed E-state index contributed by atoms with van der Waals surface area (Å²) in [4.78, 5) is 32.5. The van der Waals surface area contributed by atoms with Crippen molar-refractivity contribution >= 4 is 17.6 Å². The molecule has 0 unspecified atom stereocenters. The highest BCUT2D eigenvalue weighted by Gasteiger charge is 2.22. The van der Waals surface area contributed by atoms with Gasteiger partial charge in [0, 0.05) is 43.9 Å². The third kappa shape index (κ3) is 5.48. The lowest BCUT2D eigenvalue weighted by atomic mass is 10.2. The van der Waals surface area contributed by atoms with Crippen LogP contribution in [0.15, 0.2) is 59.1 Å². The second-order valence-corrected chi connectivity index (χ2v) is 7.38. The van der Waals surface area contributed by atoms with Crippen molar-refractivity contribution in [2.75, 3.05) is 37.7 Å². The lowest BCUT2D eigenvalue weighted by Crippen LogP contribution is -2.49. The molecular weight excluding hydrogens is 415 g/mol. The molecule has 0 aliphatic carbocycles. The second-order valence-electron chi connectivity index (χ2n) is 7.38. The Kier molecular flexibility index (Phi) is 6.74. The van der Waals surface area contributed by atoms with Crippen molar-refractivity contribution in [3.63, 3.8) is 0 Å². The number of hydrogen-bond acceptors (Lipinski definition) is 7. The van der Waals surface area contributed by atoms with E-state index in [9.17, 15) is 14.0 Å². The molecule has 2 heterocycles. The first-order valence-corrected chi connectivity index (χ1v) is 10.4. The third-order valence-electron chi connectivity index (χ3n) is 5.22. The number of piperazine rings is 1. The maximum absolute atomic E-state index is 13.0. The van der Waals surface area contributed by atoms with Crippen molar-refractivity contribution in [1.82, 2.24) is 15.0 Å². The Morgan fingerprint density at radius 2 is 1.72 bits per heavy atom. The summed E-state index contributed by atoms with van der Waals surface area (Å²) in [5.41, 5.74) is 1.75. The number of aryl methyl sites for hydroxylation is 1. The predicted molar refractivity (Wildman–Crippen MR) is 114 cm³/mol. The monoisotopic (exact) mass is 438 g/mol. The van der Waals surface area contributed by atoms with Crippen LogP contribution in [-0.2, 0) is 20.7 Å². The van der Waals surface area contributed by atoms with Crippen molar-refractivity contribution in [2.45, 2.75) is 12.8 Å². The number of aromatic nitrogens is 2. The fourth-order valence-corrected chi connectivity index (χ4v) is 3.44. The topological polar surface area (TPSA) is 88.8 Å². The molecule has 1 amide bonds. The van der Waals surface area contributed by atoms with Crippen LogP contribution >= 0.6 is 0 Å². The van der Waals surface area contributed by atoms with E-state index in [1.54, 1.807) is 17.0 Å². The molecule has 0 atom stereocenters. The predicted octanol–water partition coefficient (Wildman–Crippen LogP) is 2.70. The molecule has 1 fully saturated rings. The molecule has 8 nitrogen and oxygen atoms in total. The zero-order chi connectivity index (χ0) is 22.3. The zero-order valence-electron chi connectivity index (χ0n) is 17.4. The third-order valence-corrected chi connectivity index (χ3v) is 5.22. The van der Waals surface area contributed by atoms with Gasteiger partial charge in [-0.1, -0.05) is 23.4 Å². The lowest BCUT2D eigenvalue weighted by molar-refractivity contribution is -0.152. The van der Waals surface area contributed by atoms with E-state index in [4.69, 9.17) is 9.26 Å². The molecule has 166 valence electrons. The van der Waals surface area contributed by atoms with Gasteiger partial charge in [-0.05, 0) is 36.4 Å². The molecule has 2 aromatic carbocycles. The number of anilines is 1. The van der Waals surface area contributed by atoms with Gasteiger partial charge in [0.25, 0.3) is 5.91 Å². The molecule has 32 heavy (non-hydrogen) atoms. The standard InChI is InChI=1S/C23H23FN4O4/c24-18-8-6-17(7-9-18)23-25-20(32-26-23)10-11-22(30)31-16-21(29)28-14-12-27(13-15-28)19-4-2-1-3-5-19/h1-9H,10-16H2. The van der Waals surface area contributed by atoms with Crippen molar-refractivity contribution < 1.29 is 23.2 Å². The van der Waals surface area contributed by atoms with Crippen molar-refractivity contribution in [1.29, 1.82) is 0 Å². The number of esters is 1. The molecule has 0 saturated carbocycles. The van der Waals surface area contributed by atoms with Gasteiger partial charge in [-0.2, -0.15) is 4.98 Å². The number of carbonyl (C=O) groups excluding carboxylic acids is 2. The number of para-hydroxylation sites is 1. The number of rotatable bonds is 7. The Hall–Kier alpha value is -3.75. The first-order valence-electron chi connectivity index (χ1n) is 10.4. The number of halogens is 1. The van der Waals surface area contributed by atoms with E-state index < -0.39 is 5.97 Å². The Morgan fingerprint density at radius 1 is 1.00 bits per heavy atom. The summed E-state index contributed by atoms with van der Waals surface area (Å²) in [6, 6.07) is 15.8. The van der Waals surface area contributed by atoms with Crippen molar-refractivity contribution in [2.24, 2.45) is 0 Å².